The second kappa shape index (κ2) is 8.83. The quantitative estimate of drug-likeness (QED) is 0.387. The second-order valence-electron chi connectivity index (χ2n) is 10.1. The Kier molecular flexibility index (Phi) is 5.59. The second-order valence-corrected chi connectivity index (χ2v) is 10.1. The van der Waals surface area contributed by atoms with Crippen LogP contribution in [0.15, 0.2) is 60.7 Å². The lowest BCUT2D eigenvalue weighted by Gasteiger charge is -2.35. The van der Waals surface area contributed by atoms with Crippen molar-refractivity contribution in [1.29, 1.82) is 0 Å². The molecule has 4 aromatic rings. The van der Waals surface area contributed by atoms with Gasteiger partial charge in [0.2, 0.25) is 0 Å². The minimum atomic E-state index is -0.838. The number of hydrogen-bond acceptors (Lipinski definition) is 3. The molecule has 37 heavy (non-hydrogen) atoms. The number of carboxylic acid groups (broad SMARTS) is 1. The summed E-state index contributed by atoms with van der Waals surface area (Å²) in [6.45, 7) is 4.74. The number of aromatic nitrogens is 2. The van der Waals surface area contributed by atoms with Gasteiger partial charge in [-0.15, -0.1) is 0 Å². The van der Waals surface area contributed by atoms with Gasteiger partial charge in [0.25, 0.3) is 5.91 Å². The van der Waals surface area contributed by atoms with Crippen molar-refractivity contribution in [2.45, 2.75) is 45.1 Å². The van der Waals surface area contributed by atoms with Gasteiger partial charge in [-0.25, -0.2) is 8.91 Å². The monoisotopic (exact) mass is 497 g/mol. The van der Waals surface area contributed by atoms with Crippen LogP contribution in [0.25, 0.3) is 16.8 Å². The topological polar surface area (TPSA) is 74.9 Å². The number of carboxylic acids is 1. The van der Waals surface area contributed by atoms with Crippen LogP contribution in [0.1, 0.15) is 65.0 Å². The molecule has 2 aliphatic rings. The highest BCUT2D eigenvalue weighted by atomic mass is 19.1. The number of carbonyl (C=O) groups excluding carboxylic acids is 1. The maximum absolute atomic E-state index is 15.1. The molecule has 2 aromatic heterocycles. The Morgan fingerprint density at radius 3 is 2.65 bits per heavy atom. The summed E-state index contributed by atoms with van der Waals surface area (Å²) in [6.07, 6.45) is 2.03. The summed E-state index contributed by atoms with van der Waals surface area (Å²) in [5.41, 5.74) is 6.23. The molecule has 1 amide bonds. The number of aliphatic carboxylic acids is 1. The van der Waals surface area contributed by atoms with E-state index in [0.29, 0.717) is 41.8 Å². The number of halogens is 1. The number of carbonyl (C=O) groups is 2. The van der Waals surface area contributed by atoms with Crippen molar-refractivity contribution >= 4 is 17.4 Å². The first-order valence-corrected chi connectivity index (χ1v) is 12.8. The Labute approximate surface area is 214 Å². The predicted molar refractivity (Wildman–Crippen MR) is 138 cm³/mol. The average molecular weight is 498 g/mol. The maximum Gasteiger partial charge on any atom is 0.307 e. The van der Waals surface area contributed by atoms with Crippen LogP contribution in [0.2, 0.25) is 0 Å². The fraction of sp³-hybridized carbons (Fsp3) is 0.300. The van der Waals surface area contributed by atoms with Crippen molar-refractivity contribution in [2.75, 3.05) is 6.54 Å². The molecule has 7 heteroatoms. The Bertz CT molecular complexity index is 1560. The summed E-state index contributed by atoms with van der Waals surface area (Å²) in [5.74, 6) is -1.84. The van der Waals surface area contributed by atoms with E-state index in [0.717, 1.165) is 17.6 Å². The van der Waals surface area contributed by atoms with Gasteiger partial charge >= 0.3 is 5.97 Å². The zero-order valence-electron chi connectivity index (χ0n) is 20.8. The number of hydrogen-bond donors (Lipinski definition) is 1. The third-order valence-electron chi connectivity index (χ3n) is 7.90. The number of fused-ring (bicyclic) bond motifs is 2. The first kappa shape index (κ1) is 23.4. The zero-order chi connectivity index (χ0) is 25.8. The third-order valence-corrected chi connectivity index (χ3v) is 7.90. The smallest absolute Gasteiger partial charge is 0.307 e. The molecule has 0 bridgehead atoms. The normalized spacial score (nSPS) is 20.6. The van der Waals surface area contributed by atoms with Gasteiger partial charge in [-0.1, -0.05) is 37.3 Å². The highest BCUT2D eigenvalue weighted by Crippen LogP contribution is 2.48. The molecular weight excluding hydrogens is 469 g/mol. The van der Waals surface area contributed by atoms with Gasteiger partial charge in [-0.2, -0.15) is 5.10 Å². The lowest BCUT2D eigenvalue weighted by Crippen LogP contribution is -2.38. The lowest BCUT2D eigenvalue weighted by molar-refractivity contribution is -0.138. The number of benzene rings is 2. The molecule has 1 aliphatic carbocycles. The summed E-state index contributed by atoms with van der Waals surface area (Å²) in [4.78, 5) is 26.8. The van der Waals surface area contributed by atoms with Crippen molar-refractivity contribution in [1.82, 2.24) is 14.5 Å². The number of aryl methyl sites for hydroxylation is 1. The lowest BCUT2D eigenvalue weighted by atomic mass is 9.93. The summed E-state index contributed by atoms with van der Waals surface area (Å²) in [6, 6.07) is 18.7. The van der Waals surface area contributed by atoms with Crippen LogP contribution < -0.4 is 0 Å². The van der Waals surface area contributed by atoms with Gasteiger partial charge in [0.1, 0.15) is 5.82 Å². The summed E-state index contributed by atoms with van der Waals surface area (Å²) >= 11 is 0. The predicted octanol–water partition coefficient (Wildman–Crippen LogP) is 5.65. The Balaban J connectivity index is 1.32. The van der Waals surface area contributed by atoms with Crippen LogP contribution in [0.3, 0.4) is 0 Å². The number of nitrogens with zero attached hydrogens (tertiary/aromatic N) is 3. The molecule has 3 heterocycles. The minimum absolute atomic E-state index is 0.0148. The third kappa shape index (κ3) is 3.99. The first-order valence-electron chi connectivity index (χ1n) is 12.8. The summed E-state index contributed by atoms with van der Waals surface area (Å²) in [7, 11) is 0. The molecule has 3 atom stereocenters. The molecule has 2 aromatic carbocycles. The summed E-state index contributed by atoms with van der Waals surface area (Å²) < 4.78 is 16.9. The van der Waals surface area contributed by atoms with Crippen LogP contribution in [0, 0.1) is 11.7 Å². The largest absolute Gasteiger partial charge is 0.481 e. The molecule has 1 unspecified atom stereocenters. The molecule has 1 aliphatic heterocycles. The number of pyridine rings is 1. The van der Waals surface area contributed by atoms with Crippen LogP contribution in [0.5, 0.6) is 0 Å². The van der Waals surface area contributed by atoms with E-state index in [4.69, 9.17) is 0 Å². The molecular formula is C30H28FN3O3. The van der Waals surface area contributed by atoms with Crippen molar-refractivity contribution in [3.63, 3.8) is 0 Å². The molecule has 6 nitrogen and oxygen atoms in total. The molecule has 6 rings (SSSR count). The van der Waals surface area contributed by atoms with E-state index in [-0.39, 0.29) is 17.9 Å². The Hall–Kier alpha value is -4.00. The van der Waals surface area contributed by atoms with Crippen molar-refractivity contribution < 1.29 is 19.1 Å². The zero-order valence-corrected chi connectivity index (χ0v) is 20.8. The number of amides is 1. The van der Waals surface area contributed by atoms with Crippen LogP contribution in [-0.2, 0) is 17.6 Å². The van der Waals surface area contributed by atoms with E-state index in [2.05, 4.69) is 24.2 Å². The number of rotatable bonds is 5. The van der Waals surface area contributed by atoms with E-state index < -0.39 is 17.7 Å². The molecule has 1 saturated carbocycles. The fourth-order valence-corrected chi connectivity index (χ4v) is 5.70. The van der Waals surface area contributed by atoms with Crippen LogP contribution in [-0.4, -0.2) is 38.0 Å². The van der Waals surface area contributed by atoms with Gasteiger partial charge in [0.05, 0.1) is 23.2 Å². The molecule has 1 fully saturated rings. The van der Waals surface area contributed by atoms with Crippen molar-refractivity contribution in [3.05, 3.63) is 94.4 Å². The van der Waals surface area contributed by atoms with Crippen LogP contribution in [0.4, 0.5) is 4.39 Å². The SMILES string of the molecule is CCc1cc(C(=O)N2CCc3ccccc3[C@H]2C)cc2cc(-c3ccc(C4C[C@H]4C(=O)O)cc3F)nn12. The highest BCUT2D eigenvalue weighted by Gasteiger charge is 2.44. The Morgan fingerprint density at radius 2 is 1.92 bits per heavy atom. The Morgan fingerprint density at radius 1 is 1.11 bits per heavy atom. The van der Waals surface area contributed by atoms with E-state index >= 15 is 4.39 Å². The van der Waals surface area contributed by atoms with Gasteiger partial charge in [-0.05, 0) is 79.1 Å². The van der Waals surface area contributed by atoms with Gasteiger partial charge < -0.3 is 10.0 Å². The van der Waals surface area contributed by atoms with Gasteiger partial charge in [-0.3, -0.25) is 9.59 Å². The fourth-order valence-electron chi connectivity index (χ4n) is 5.70. The van der Waals surface area contributed by atoms with Crippen LogP contribution >= 0.6 is 0 Å². The van der Waals surface area contributed by atoms with E-state index in [1.807, 2.05) is 36.1 Å². The van der Waals surface area contributed by atoms with Crippen molar-refractivity contribution in [3.8, 4) is 11.3 Å². The molecule has 1 N–H and O–H groups in total. The standard InChI is InChI=1S/C30H28FN3O3/c1-3-21-12-20(29(35)33-11-10-18-6-4-5-7-23(18)17(33)2)13-22-15-28(32-34(21)22)24-9-8-19(14-27(24)31)25-16-26(25)30(36)37/h4-9,12-15,17,25-26H,3,10-11,16H2,1-2H3,(H,36,37)/t17-,25?,26-/m1/s1. The van der Waals surface area contributed by atoms with E-state index in [1.165, 1.54) is 17.2 Å². The molecule has 188 valence electrons. The van der Waals surface area contributed by atoms with E-state index in [1.54, 1.807) is 22.7 Å². The molecule has 0 radical (unpaired) electrons. The maximum atomic E-state index is 15.1. The van der Waals surface area contributed by atoms with E-state index in [9.17, 15) is 14.7 Å². The average Bonchev–Trinajstić information content (AvgIpc) is 3.60. The van der Waals surface area contributed by atoms with Crippen molar-refractivity contribution in [2.24, 2.45) is 5.92 Å². The molecule has 0 saturated heterocycles. The molecule has 0 spiro atoms. The highest BCUT2D eigenvalue weighted by molar-refractivity contribution is 5.96. The first-order chi connectivity index (χ1) is 17.9. The van der Waals surface area contributed by atoms with Gasteiger partial charge in [0.15, 0.2) is 0 Å². The summed E-state index contributed by atoms with van der Waals surface area (Å²) in [5, 5.41) is 13.8. The van der Waals surface area contributed by atoms with Gasteiger partial charge in [0, 0.05) is 23.4 Å². The minimum Gasteiger partial charge on any atom is -0.481 e.